The predicted molar refractivity (Wildman–Crippen MR) is 93.2 cm³/mol. The summed E-state index contributed by atoms with van der Waals surface area (Å²) < 4.78 is 19.8. The SMILES string of the molecule is CC1(C)O[C@@H]2[C@H](O1)[C@@H](CCl)O[C@H]2n1c(Cl)nc2cc(Cl)c(Cl)cc21. The number of alkyl halides is 1. The van der Waals surface area contributed by atoms with Gasteiger partial charge in [-0.2, -0.15) is 0 Å². The Hall–Kier alpha value is -0.270. The largest absolute Gasteiger partial charge is 0.348 e. The van der Waals surface area contributed by atoms with Crippen LogP contribution in [-0.4, -0.2) is 39.5 Å². The third kappa shape index (κ3) is 2.62. The van der Waals surface area contributed by atoms with Gasteiger partial charge in [0.25, 0.3) is 0 Å². The smallest absolute Gasteiger partial charge is 0.206 e. The van der Waals surface area contributed by atoms with E-state index in [0.29, 0.717) is 21.1 Å². The Bertz CT molecular complexity index is 810. The maximum Gasteiger partial charge on any atom is 0.206 e. The summed E-state index contributed by atoms with van der Waals surface area (Å²) in [6.45, 7) is 3.72. The third-order valence-corrected chi connectivity index (χ3v) is 5.51. The van der Waals surface area contributed by atoms with Gasteiger partial charge in [-0.25, -0.2) is 4.98 Å². The van der Waals surface area contributed by atoms with Crippen LogP contribution in [0.15, 0.2) is 12.1 Å². The standard InChI is InChI=1S/C15H14Cl4N2O3/c1-15(2)23-11-10(5-16)22-13(12(11)24-15)21-9-4-7(18)6(17)3-8(9)20-14(21)19/h3-4,10-13H,5H2,1-2H3/t10-,11-,12-,13-/m1/s1. The summed E-state index contributed by atoms with van der Waals surface area (Å²) in [6.07, 6.45) is -1.46. The number of benzene rings is 1. The number of hydrogen-bond donors (Lipinski definition) is 0. The first kappa shape index (κ1) is 17.2. The average molecular weight is 412 g/mol. The fourth-order valence-corrected chi connectivity index (χ4v) is 4.14. The fourth-order valence-electron chi connectivity index (χ4n) is 3.29. The van der Waals surface area contributed by atoms with E-state index in [2.05, 4.69) is 4.98 Å². The van der Waals surface area contributed by atoms with Crippen LogP contribution in [0.2, 0.25) is 15.3 Å². The quantitative estimate of drug-likeness (QED) is 0.674. The number of ether oxygens (including phenoxy) is 3. The molecule has 1 aromatic heterocycles. The second-order valence-electron chi connectivity index (χ2n) is 6.29. The molecule has 0 amide bonds. The molecule has 130 valence electrons. The molecule has 1 aromatic carbocycles. The third-order valence-electron chi connectivity index (χ3n) is 4.22. The number of imidazole rings is 1. The predicted octanol–water partition coefficient (Wildman–Crippen LogP) is 4.65. The van der Waals surface area contributed by atoms with Crippen LogP contribution in [0, 0.1) is 0 Å². The molecule has 9 heteroatoms. The molecule has 2 aromatic rings. The summed E-state index contributed by atoms with van der Waals surface area (Å²) in [6, 6.07) is 3.38. The van der Waals surface area contributed by atoms with Crippen molar-refractivity contribution >= 4 is 57.4 Å². The Labute approximate surface area is 158 Å². The molecule has 2 saturated heterocycles. The number of aromatic nitrogens is 2. The molecule has 0 saturated carbocycles. The number of rotatable bonds is 2. The van der Waals surface area contributed by atoms with Gasteiger partial charge in [0.05, 0.1) is 27.0 Å². The van der Waals surface area contributed by atoms with Crippen molar-refractivity contribution in [3.05, 3.63) is 27.5 Å². The normalized spacial score (nSPS) is 31.8. The van der Waals surface area contributed by atoms with Crippen molar-refractivity contribution in [2.75, 3.05) is 5.88 Å². The molecule has 4 atom stereocenters. The Morgan fingerprint density at radius 1 is 1.12 bits per heavy atom. The minimum Gasteiger partial charge on any atom is -0.348 e. The Morgan fingerprint density at radius 2 is 1.79 bits per heavy atom. The first-order valence-electron chi connectivity index (χ1n) is 7.40. The van der Waals surface area contributed by atoms with E-state index in [1.807, 2.05) is 13.8 Å². The van der Waals surface area contributed by atoms with Crippen LogP contribution in [0.3, 0.4) is 0 Å². The van der Waals surface area contributed by atoms with Gasteiger partial charge in [-0.1, -0.05) is 23.2 Å². The van der Waals surface area contributed by atoms with Gasteiger partial charge in [0, 0.05) is 0 Å². The minimum atomic E-state index is -0.717. The molecule has 2 aliphatic heterocycles. The molecule has 3 heterocycles. The second-order valence-corrected chi connectivity index (χ2v) is 7.75. The van der Waals surface area contributed by atoms with Crippen LogP contribution in [0.25, 0.3) is 11.0 Å². The van der Waals surface area contributed by atoms with Crippen molar-refractivity contribution in [1.82, 2.24) is 9.55 Å². The van der Waals surface area contributed by atoms with Gasteiger partial charge < -0.3 is 14.2 Å². The fraction of sp³-hybridized carbons (Fsp3) is 0.533. The summed E-state index contributed by atoms with van der Waals surface area (Å²) >= 11 is 24.6. The van der Waals surface area contributed by atoms with Gasteiger partial charge in [0.1, 0.15) is 18.3 Å². The minimum absolute atomic E-state index is 0.260. The van der Waals surface area contributed by atoms with Crippen LogP contribution in [0.4, 0.5) is 0 Å². The first-order chi connectivity index (χ1) is 11.3. The van der Waals surface area contributed by atoms with Crippen molar-refractivity contribution in [1.29, 1.82) is 0 Å². The van der Waals surface area contributed by atoms with Crippen molar-refractivity contribution < 1.29 is 14.2 Å². The molecule has 0 aliphatic carbocycles. The monoisotopic (exact) mass is 410 g/mol. The highest BCUT2D eigenvalue weighted by Crippen LogP contribution is 2.45. The molecule has 0 bridgehead atoms. The van der Waals surface area contributed by atoms with Gasteiger partial charge in [-0.05, 0) is 37.6 Å². The number of nitrogens with zero attached hydrogens (tertiary/aromatic N) is 2. The van der Waals surface area contributed by atoms with E-state index in [4.69, 9.17) is 60.6 Å². The molecule has 2 aliphatic rings. The molecule has 2 fully saturated rings. The highest BCUT2D eigenvalue weighted by atomic mass is 35.5. The molecule has 0 radical (unpaired) electrons. The second kappa shape index (κ2) is 5.88. The summed E-state index contributed by atoms with van der Waals surface area (Å²) in [5.41, 5.74) is 1.34. The van der Waals surface area contributed by atoms with Gasteiger partial charge in [-0.15, -0.1) is 11.6 Å². The topological polar surface area (TPSA) is 45.5 Å². The maximum absolute atomic E-state index is 6.36. The van der Waals surface area contributed by atoms with Crippen molar-refractivity contribution in [3.8, 4) is 0 Å². The lowest BCUT2D eigenvalue weighted by atomic mass is 10.1. The summed E-state index contributed by atoms with van der Waals surface area (Å²) in [7, 11) is 0. The number of hydrogen-bond acceptors (Lipinski definition) is 4. The van der Waals surface area contributed by atoms with Crippen LogP contribution in [-0.2, 0) is 14.2 Å². The Morgan fingerprint density at radius 3 is 2.50 bits per heavy atom. The van der Waals surface area contributed by atoms with Crippen LogP contribution in [0.5, 0.6) is 0 Å². The van der Waals surface area contributed by atoms with E-state index in [1.165, 1.54) is 0 Å². The molecule has 0 N–H and O–H groups in total. The zero-order valence-electron chi connectivity index (χ0n) is 12.8. The van der Waals surface area contributed by atoms with E-state index in [9.17, 15) is 0 Å². The number of fused-ring (bicyclic) bond motifs is 2. The lowest BCUT2D eigenvalue weighted by molar-refractivity contribution is -0.193. The summed E-state index contributed by atoms with van der Waals surface area (Å²) in [4.78, 5) is 4.34. The molecule has 5 nitrogen and oxygen atoms in total. The van der Waals surface area contributed by atoms with Crippen molar-refractivity contribution in [3.63, 3.8) is 0 Å². The Balaban J connectivity index is 1.82. The van der Waals surface area contributed by atoms with E-state index < -0.39 is 12.0 Å². The van der Waals surface area contributed by atoms with E-state index >= 15 is 0 Å². The maximum atomic E-state index is 6.36. The highest BCUT2D eigenvalue weighted by Gasteiger charge is 2.56. The number of halogens is 4. The molecular weight excluding hydrogens is 398 g/mol. The first-order valence-corrected chi connectivity index (χ1v) is 9.07. The molecule has 4 rings (SSSR count). The molecule has 0 spiro atoms. The zero-order chi connectivity index (χ0) is 17.2. The van der Waals surface area contributed by atoms with Gasteiger partial charge in [-0.3, -0.25) is 4.57 Å². The lowest BCUT2D eigenvalue weighted by Gasteiger charge is -2.24. The lowest BCUT2D eigenvalue weighted by Crippen LogP contribution is -2.30. The van der Waals surface area contributed by atoms with Crippen molar-refractivity contribution in [2.45, 2.75) is 44.2 Å². The zero-order valence-corrected chi connectivity index (χ0v) is 15.8. The molecule has 24 heavy (non-hydrogen) atoms. The summed E-state index contributed by atoms with van der Waals surface area (Å²) in [5, 5.41) is 1.08. The highest BCUT2D eigenvalue weighted by molar-refractivity contribution is 6.42. The van der Waals surface area contributed by atoms with Gasteiger partial charge in [0.15, 0.2) is 12.0 Å². The Kier molecular flexibility index (Phi) is 4.20. The molecule has 0 unspecified atom stereocenters. The average Bonchev–Trinajstić information content (AvgIpc) is 3.08. The summed E-state index contributed by atoms with van der Waals surface area (Å²) in [5.74, 6) is -0.431. The molecular formula is C15H14Cl4N2O3. The van der Waals surface area contributed by atoms with Crippen LogP contribution in [0.1, 0.15) is 20.1 Å². The van der Waals surface area contributed by atoms with Gasteiger partial charge in [0.2, 0.25) is 5.28 Å². The van der Waals surface area contributed by atoms with E-state index in [1.54, 1.807) is 16.7 Å². The van der Waals surface area contributed by atoms with Crippen molar-refractivity contribution in [2.24, 2.45) is 0 Å². The van der Waals surface area contributed by atoms with Gasteiger partial charge >= 0.3 is 0 Å². The van der Waals surface area contributed by atoms with Crippen LogP contribution >= 0.6 is 46.4 Å². The van der Waals surface area contributed by atoms with E-state index in [0.717, 1.165) is 0 Å². The van der Waals surface area contributed by atoms with E-state index in [-0.39, 0.29) is 29.5 Å². The van der Waals surface area contributed by atoms with Crippen LogP contribution < -0.4 is 0 Å².